The van der Waals surface area contributed by atoms with Gasteiger partial charge in [-0.3, -0.25) is 9.59 Å². The van der Waals surface area contributed by atoms with Crippen molar-refractivity contribution in [1.82, 2.24) is 5.32 Å². The molecule has 0 radical (unpaired) electrons. The summed E-state index contributed by atoms with van der Waals surface area (Å²) in [6, 6.07) is 17.6. The third-order valence-electron chi connectivity index (χ3n) is 5.29. The summed E-state index contributed by atoms with van der Waals surface area (Å²) in [5.41, 5.74) is 2.85. The molecule has 2 N–H and O–H groups in total. The Morgan fingerprint density at radius 3 is 2.39 bits per heavy atom. The highest BCUT2D eigenvalue weighted by Crippen LogP contribution is 2.40. The van der Waals surface area contributed by atoms with Crippen LogP contribution in [0.2, 0.25) is 0 Å². The minimum absolute atomic E-state index is 0.0505. The molecule has 1 saturated carbocycles. The Morgan fingerprint density at radius 2 is 1.61 bits per heavy atom. The number of ether oxygens (including phenoxy) is 1. The number of hydrogen-bond acceptors (Lipinski definition) is 4. The van der Waals surface area contributed by atoms with E-state index in [9.17, 15) is 9.59 Å². The number of nitrogens with one attached hydrogen (secondary N) is 2. The second-order valence-corrected chi connectivity index (χ2v) is 7.26. The molecule has 0 spiro atoms. The van der Waals surface area contributed by atoms with Crippen molar-refractivity contribution in [3.63, 3.8) is 0 Å². The van der Waals surface area contributed by atoms with Gasteiger partial charge in [-0.05, 0) is 24.1 Å². The first-order valence-electron chi connectivity index (χ1n) is 9.76. The van der Waals surface area contributed by atoms with Gasteiger partial charge in [-0.2, -0.15) is 0 Å². The minimum Gasteiger partial charge on any atom is -0.378 e. The van der Waals surface area contributed by atoms with Crippen LogP contribution in [0.1, 0.15) is 12.0 Å². The van der Waals surface area contributed by atoms with Crippen molar-refractivity contribution >= 4 is 23.2 Å². The van der Waals surface area contributed by atoms with Gasteiger partial charge >= 0.3 is 0 Å². The summed E-state index contributed by atoms with van der Waals surface area (Å²) >= 11 is 0. The molecule has 1 aliphatic carbocycles. The van der Waals surface area contributed by atoms with Crippen LogP contribution in [-0.4, -0.2) is 38.1 Å². The van der Waals surface area contributed by atoms with E-state index in [0.29, 0.717) is 26.2 Å². The van der Waals surface area contributed by atoms with Crippen LogP contribution in [0, 0.1) is 11.8 Å². The highest BCUT2D eigenvalue weighted by atomic mass is 16.5. The number of benzene rings is 2. The highest BCUT2D eigenvalue weighted by Gasteiger charge is 2.48. The topological polar surface area (TPSA) is 70.7 Å². The fourth-order valence-corrected chi connectivity index (χ4v) is 3.58. The van der Waals surface area contributed by atoms with Crippen molar-refractivity contribution in [2.75, 3.05) is 36.5 Å². The van der Waals surface area contributed by atoms with Gasteiger partial charge < -0.3 is 20.3 Å². The van der Waals surface area contributed by atoms with Crippen LogP contribution in [-0.2, 0) is 20.9 Å². The van der Waals surface area contributed by atoms with Gasteiger partial charge in [0.1, 0.15) is 0 Å². The smallest absolute Gasteiger partial charge is 0.228 e. The molecule has 0 aromatic heterocycles. The van der Waals surface area contributed by atoms with Crippen molar-refractivity contribution in [3.05, 3.63) is 60.2 Å². The van der Waals surface area contributed by atoms with E-state index in [4.69, 9.17) is 4.74 Å². The Labute approximate surface area is 164 Å². The lowest BCUT2D eigenvalue weighted by Crippen LogP contribution is -2.36. The lowest BCUT2D eigenvalue weighted by atomic mass is 10.2. The van der Waals surface area contributed by atoms with Crippen molar-refractivity contribution in [1.29, 1.82) is 0 Å². The Kier molecular flexibility index (Phi) is 5.58. The number of carbonyl (C=O) groups excluding carboxylic acids is 2. The van der Waals surface area contributed by atoms with Gasteiger partial charge in [0, 0.05) is 19.6 Å². The molecule has 2 aromatic rings. The highest BCUT2D eigenvalue weighted by molar-refractivity contribution is 6.01. The second kappa shape index (κ2) is 8.44. The molecule has 1 saturated heterocycles. The maximum absolute atomic E-state index is 12.7. The maximum atomic E-state index is 12.7. The summed E-state index contributed by atoms with van der Waals surface area (Å²) in [5.74, 6) is -0.626. The predicted octanol–water partition coefficient (Wildman–Crippen LogP) is 2.41. The molecule has 2 fully saturated rings. The van der Waals surface area contributed by atoms with Crippen LogP contribution in [0.4, 0.5) is 11.4 Å². The van der Waals surface area contributed by atoms with E-state index < -0.39 is 0 Å². The Morgan fingerprint density at radius 1 is 0.929 bits per heavy atom. The molecule has 28 heavy (non-hydrogen) atoms. The van der Waals surface area contributed by atoms with Gasteiger partial charge in [-0.15, -0.1) is 0 Å². The third-order valence-corrected chi connectivity index (χ3v) is 5.29. The lowest BCUT2D eigenvalue weighted by Gasteiger charge is -2.30. The van der Waals surface area contributed by atoms with Crippen LogP contribution < -0.4 is 15.5 Å². The minimum atomic E-state index is -0.256. The maximum Gasteiger partial charge on any atom is 0.228 e. The molecule has 4 rings (SSSR count). The van der Waals surface area contributed by atoms with Gasteiger partial charge in [0.15, 0.2) is 0 Å². The van der Waals surface area contributed by atoms with E-state index in [1.54, 1.807) is 0 Å². The normalized spacial score (nSPS) is 21.1. The Hall–Kier alpha value is -2.86. The number of amides is 2. The fraction of sp³-hybridized carbons (Fsp3) is 0.364. The molecule has 2 unspecified atom stereocenters. The first kappa shape index (κ1) is 18.5. The molecule has 6 nitrogen and oxygen atoms in total. The van der Waals surface area contributed by atoms with Crippen LogP contribution in [0.5, 0.6) is 0 Å². The summed E-state index contributed by atoms with van der Waals surface area (Å²) in [7, 11) is 0. The van der Waals surface area contributed by atoms with E-state index in [1.165, 1.54) is 0 Å². The lowest BCUT2D eigenvalue weighted by molar-refractivity contribution is -0.125. The fourth-order valence-electron chi connectivity index (χ4n) is 3.58. The average Bonchev–Trinajstić information content (AvgIpc) is 3.55. The summed E-state index contributed by atoms with van der Waals surface area (Å²) in [6.07, 6.45) is 0.603. The molecule has 0 bridgehead atoms. The molecule has 6 heteroatoms. The Balaban J connectivity index is 1.32. The van der Waals surface area contributed by atoms with E-state index in [2.05, 4.69) is 15.5 Å². The Bertz CT molecular complexity index is 834. The van der Waals surface area contributed by atoms with Gasteiger partial charge in [-0.25, -0.2) is 0 Å². The summed E-state index contributed by atoms with van der Waals surface area (Å²) in [5, 5.41) is 5.96. The number of anilines is 2. The van der Waals surface area contributed by atoms with Crippen LogP contribution in [0.15, 0.2) is 54.6 Å². The SMILES string of the molecule is O=C(NCc1ccccc1)C1CC1C(=O)Nc1ccccc1N1CCOCC1. The zero-order valence-electron chi connectivity index (χ0n) is 15.8. The molecular formula is C22H25N3O3. The number of morpholine rings is 1. The number of rotatable bonds is 6. The third kappa shape index (κ3) is 4.34. The van der Waals surface area contributed by atoms with Crippen molar-refractivity contribution < 1.29 is 14.3 Å². The van der Waals surface area contributed by atoms with Crippen molar-refractivity contribution in [3.8, 4) is 0 Å². The van der Waals surface area contributed by atoms with Crippen LogP contribution in [0.25, 0.3) is 0 Å². The molecule has 2 aliphatic rings. The number of para-hydroxylation sites is 2. The molecular weight excluding hydrogens is 354 g/mol. The zero-order chi connectivity index (χ0) is 19.3. The molecule has 1 aliphatic heterocycles. The summed E-state index contributed by atoms with van der Waals surface area (Å²) in [6.45, 7) is 3.48. The second-order valence-electron chi connectivity index (χ2n) is 7.26. The quantitative estimate of drug-likeness (QED) is 0.809. The predicted molar refractivity (Wildman–Crippen MR) is 108 cm³/mol. The summed E-state index contributed by atoms with van der Waals surface area (Å²) in [4.78, 5) is 27.2. The largest absolute Gasteiger partial charge is 0.378 e. The molecule has 2 amide bonds. The first-order valence-corrected chi connectivity index (χ1v) is 9.76. The first-order chi connectivity index (χ1) is 13.7. The number of nitrogens with zero attached hydrogens (tertiary/aromatic N) is 1. The summed E-state index contributed by atoms with van der Waals surface area (Å²) < 4.78 is 5.41. The van der Waals surface area contributed by atoms with E-state index in [1.807, 2.05) is 54.6 Å². The van der Waals surface area contributed by atoms with Gasteiger partial charge in [-0.1, -0.05) is 42.5 Å². The van der Waals surface area contributed by atoms with Crippen LogP contribution >= 0.6 is 0 Å². The van der Waals surface area contributed by atoms with Crippen molar-refractivity contribution in [2.45, 2.75) is 13.0 Å². The van der Waals surface area contributed by atoms with Crippen LogP contribution in [0.3, 0.4) is 0 Å². The number of hydrogen-bond donors (Lipinski definition) is 2. The van der Waals surface area contributed by atoms with Crippen molar-refractivity contribution in [2.24, 2.45) is 11.8 Å². The van der Waals surface area contributed by atoms with E-state index >= 15 is 0 Å². The van der Waals surface area contributed by atoms with E-state index in [0.717, 1.165) is 30.0 Å². The zero-order valence-corrected chi connectivity index (χ0v) is 15.8. The molecule has 2 aromatic carbocycles. The van der Waals surface area contributed by atoms with E-state index in [-0.39, 0.29) is 23.7 Å². The van der Waals surface area contributed by atoms with Gasteiger partial charge in [0.05, 0.1) is 36.4 Å². The van der Waals surface area contributed by atoms with Gasteiger partial charge in [0.2, 0.25) is 11.8 Å². The standard InChI is InChI=1S/C22H25N3O3/c26-21(23-15-16-6-2-1-3-7-16)17-14-18(17)22(27)24-19-8-4-5-9-20(19)25-10-12-28-13-11-25/h1-9,17-18H,10-15H2,(H,23,26)(H,24,27). The molecule has 1 heterocycles. The average molecular weight is 379 g/mol. The number of carbonyl (C=O) groups is 2. The van der Waals surface area contributed by atoms with Gasteiger partial charge in [0.25, 0.3) is 0 Å². The monoisotopic (exact) mass is 379 g/mol. The molecule has 146 valence electrons. The molecule has 2 atom stereocenters.